The normalized spacial score (nSPS) is 10.6. The maximum absolute atomic E-state index is 12.2. The molecule has 6 heteroatoms. The summed E-state index contributed by atoms with van der Waals surface area (Å²) in [6, 6.07) is 6.78. The van der Waals surface area contributed by atoms with E-state index in [1.54, 1.807) is 45.0 Å². The Kier molecular flexibility index (Phi) is 10.9. The van der Waals surface area contributed by atoms with E-state index in [1.807, 2.05) is 0 Å². The van der Waals surface area contributed by atoms with Gasteiger partial charge in [-0.05, 0) is 32.4 Å². The lowest BCUT2D eigenvalue weighted by Crippen LogP contribution is -2.25. The number of ketones is 1. The highest BCUT2D eigenvalue weighted by molar-refractivity contribution is 6.08. The number of esters is 1. The van der Waals surface area contributed by atoms with Crippen LogP contribution in [0.25, 0.3) is 0 Å². The van der Waals surface area contributed by atoms with Crippen molar-refractivity contribution in [3.8, 4) is 5.75 Å². The molecule has 0 spiro atoms. The molecule has 1 rings (SSSR count). The summed E-state index contributed by atoms with van der Waals surface area (Å²) in [7, 11) is 1.53. The van der Waals surface area contributed by atoms with Crippen molar-refractivity contribution in [3.05, 3.63) is 29.8 Å². The zero-order chi connectivity index (χ0) is 17.7. The Balaban J connectivity index is 0.000000841. The van der Waals surface area contributed by atoms with E-state index in [1.165, 1.54) is 7.11 Å². The second kappa shape index (κ2) is 12.2. The van der Waals surface area contributed by atoms with Crippen LogP contribution in [0.1, 0.15) is 37.6 Å². The van der Waals surface area contributed by atoms with Crippen LogP contribution >= 0.6 is 0 Å². The second-order valence-corrected chi connectivity index (χ2v) is 4.36. The van der Waals surface area contributed by atoms with Gasteiger partial charge in [0.25, 0.3) is 6.47 Å². The maximum atomic E-state index is 12.2. The number of hydrogen-bond donors (Lipinski definition) is 0. The van der Waals surface area contributed by atoms with Crippen LogP contribution in [0.4, 0.5) is 0 Å². The summed E-state index contributed by atoms with van der Waals surface area (Å²) < 4.78 is 14.1. The van der Waals surface area contributed by atoms with Gasteiger partial charge in [-0.25, -0.2) is 0 Å². The first kappa shape index (κ1) is 20.6. The van der Waals surface area contributed by atoms with E-state index in [0.29, 0.717) is 30.8 Å². The van der Waals surface area contributed by atoms with Crippen LogP contribution < -0.4 is 4.74 Å². The predicted molar refractivity (Wildman–Crippen MR) is 85.4 cm³/mol. The van der Waals surface area contributed by atoms with Crippen LogP contribution in [0.15, 0.2) is 24.3 Å². The monoisotopic (exact) mass is 324 g/mol. The highest BCUT2D eigenvalue weighted by Crippen LogP contribution is 2.18. The first-order chi connectivity index (χ1) is 11.0. The fraction of sp³-hybridized carbons (Fsp3) is 0.471. The van der Waals surface area contributed by atoms with Gasteiger partial charge in [0.2, 0.25) is 0 Å². The molecule has 128 valence electrons. The summed E-state index contributed by atoms with van der Waals surface area (Å²) in [5, 5.41) is 0. The lowest BCUT2D eigenvalue weighted by Gasteiger charge is -2.12. The molecular formula is C17H24O6. The summed E-state index contributed by atoms with van der Waals surface area (Å²) in [6.45, 7) is 6.46. The van der Waals surface area contributed by atoms with Gasteiger partial charge in [-0.1, -0.05) is 19.1 Å². The molecule has 0 bridgehead atoms. The van der Waals surface area contributed by atoms with E-state index < -0.39 is 11.9 Å². The molecule has 23 heavy (non-hydrogen) atoms. The number of Topliss-reactive ketones (excluding diaryl/α,β-unsaturated/α-hetero) is 1. The molecule has 0 saturated heterocycles. The predicted octanol–water partition coefficient (Wildman–Crippen LogP) is 2.65. The molecule has 0 fully saturated rings. The number of ether oxygens (including phenoxy) is 3. The molecule has 0 aliphatic rings. The third-order valence-corrected chi connectivity index (χ3v) is 2.88. The van der Waals surface area contributed by atoms with Gasteiger partial charge in [-0.3, -0.25) is 14.4 Å². The minimum absolute atomic E-state index is 0.227. The molecular weight excluding hydrogens is 300 g/mol. The van der Waals surface area contributed by atoms with Gasteiger partial charge in [-0.2, -0.15) is 0 Å². The smallest absolute Gasteiger partial charge is 0.316 e. The molecule has 0 N–H and O–H groups in total. The van der Waals surface area contributed by atoms with Crippen molar-refractivity contribution in [1.82, 2.24) is 0 Å². The molecule has 6 nitrogen and oxygen atoms in total. The van der Waals surface area contributed by atoms with Crippen molar-refractivity contribution < 1.29 is 28.6 Å². The number of carbonyl (C=O) groups excluding carboxylic acids is 3. The SMILES string of the molecule is CCOC(=O)C(CC)C(=O)c1cccc(OC)c1.CCOC=O. The first-order valence-corrected chi connectivity index (χ1v) is 7.45. The van der Waals surface area contributed by atoms with Crippen LogP contribution in [-0.2, 0) is 19.1 Å². The van der Waals surface area contributed by atoms with Crippen LogP contribution in [-0.4, -0.2) is 38.5 Å². The molecule has 1 aromatic carbocycles. The maximum Gasteiger partial charge on any atom is 0.316 e. The molecule has 0 aliphatic heterocycles. The summed E-state index contributed by atoms with van der Waals surface area (Å²) in [5.74, 6) is -0.834. The summed E-state index contributed by atoms with van der Waals surface area (Å²) in [5.41, 5.74) is 0.467. The summed E-state index contributed by atoms with van der Waals surface area (Å²) in [6.07, 6.45) is 0.425. The lowest BCUT2D eigenvalue weighted by molar-refractivity contribution is -0.146. The van der Waals surface area contributed by atoms with Crippen LogP contribution in [0, 0.1) is 5.92 Å². The van der Waals surface area contributed by atoms with Gasteiger partial charge in [0.05, 0.1) is 20.3 Å². The largest absolute Gasteiger partial charge is 0.497 e. The van der Waals surface area contributed by atoms with Crippen molar-refractivity contribution in [3.63, 3.8) is 0 Å². The Morgan fingerprint density at radius 2 is 1.87 bits per heavy atom. The van der Waals surface area contributed by atoms with E-state index in [9.17, 15) is 14.4 Å². The van der Waals surface area contributed by atoms with E-state index in [0.717, 1.165) is 0 Å². The Morgan fingerprint density at radius 3 is 2.30 bits per heavy atom. The molecule has 1 aromatic rings. The van der Waals surface area contributed by atoms with E-state index >= 15 is 0 Å². The van der Waals surface area contributed by atoms with Crippen LogP contribution in [0.2, 0.25) is 0 Å². The molecule has 1 atom stereocenters. The molecule has 1 unspecified atom stereocenters. The van der Waals surface area contributed by atoms with Crippen molar-refractivity contribution in [2.45, 2.75) is 27.2 Å². The van der Waals surface area contributed by atoms with Crippen molar-refractivity contribution in [2.75, 3.05) is 20.3 Å². The van der Waals surface area contributed by atoms with E-state index in [4.69, 9.17) is 9.47 Å². The molecule has 0 heterocycles. The average Bonchev–Trinajstić information content (AvgIpc) is 2.57. The van der Waals surface area contributed by atoms with Gasteiger partial charge in [0.1, 0.15) is 11.7 Å². The fourth-order valence-corrected chi connectivity index (χ4v) is 1.75. The highest BCUT2D eigenvalue weighted by atomic mass is 16.5. The van der Waals surface area contributed by atoms with Gasteiger partial charge in [0.15, 0.2) is 5.78 Å². The summed E-state index contributed by atoms with van der Waals surface area (Å²) in [4.78, 5) is 33.1. The Labute approximate surface area is 136 Å². The third-order valence-electron chi connectivity index (χ3n) is 2.88. The lowest BCUT2D eigenvalue weighted by atomic mass is 9.95. The molecule has 0 radical (unpaired) electrons. The Bertz CT molecular complexity index is 498. The second-order valence-electron chi connectivity index (χ2n) is 4.36. The third kappa shape index (κ3) is 7.44. The van der Waals surface area contributed by atoms with Crippen molar-refractivity contribution in [2.24, 2.45) is 5.92 Å². The van der Waals surface area contributed by atoms with Crippen molar-refractivity contribution >= 4 is 18.2 Å². The van der Waals surface area contributed by atoms with Gasteiger partial charge < -0.3 is 14.2 Å². The van der Waals surface area contributed by atoms with Gasteiger partial charge >= 0.3 is 5.97 Å². The zero-order valence-corrected chi connectivity index (χ0v) is 14.0. The molecule has 0 aromatic heterocycles. The minimum Gasteiger partial charge on any atom is -0.497 e. The number of rotatable bonds is 8. The van der Waals surface area contributed by atoms with Gasteiger partial charge in [-0.15, -0.1) is 0 Å². The fourth-order valence-electron chi connectivity index (χ4n) is 1.75. The van der Waals surface area contributed by atoms with Crippen LogP contribution in [0.5, 0.6) is 5.75 Å². The standard InChI is InChI=1S/C14H18O4.C3H6O2/c1-4-12(14(16)18-5-2)13(15)10-7-6-8-11(9-10)17-3;1-2-5-3-4/h6-9,12H,4-5H2,1-3H3;3H,2H2,1H3. The van der Waals surface area contributed by atoms with E-state index in [-0.39, 0.29) is 12.4 Å². The highest BCUT2D eigenvalue weighted by Gasteiger charge is 2.27. The van der Waals surface area contributed by atoms with Gasteiger partial charge in [0, 0.05) is 5.56 Å². The number of methoxy groups -OCH3 is 1. The van der Waals surface area contributed by atoms with E-state index in [2.05, 4.69) is 4.74 Å². The number of benzene rings is 1. The zero-order valence-electron chi connectivity index (χ0n) is 14.0. The summed E-state index contributed by atoms with van der Waals surface area (Å²) >= 11 is 0. The molecule has 0 amide bonds. The average molecular weight is 324 g/mol. The topological polar surface area (TPSA) is 78.9 Å². The van der Waals surface area contributed by atoms with Crippen molar-refractivity contribution in [1.29, 1.82) is 0 Å². The molecule has 0 saturated carbocycles. The van der Waals surface area contributed by atoms with Crippen LogP contribution in [0.3, 0.4) is 0 Å². The quantitative estimate of drug-likeness (QED) is 0.316. The number of hydrogen-bond acceptors (Lipinski definition) is 6. The first-order valence-electron chi connectivity index (χ1n) is 7.45. The molecule has 0 aliphatic carbocycles. The Hall–Kier alpha value is -2.37. The minimum atomic E-state index is -0.739. The number of carbonyl (C=O) groups is 3. The Morgan fingerprint density at radius 1 is 1.17 bits per heavy atom.